The van der Waals surface area contributed by atoms with Gasteiger partial charge in [-0.25, -0.2) is 0 Å². The fraction of sp³-hybridized carbons (Fsp3) is 0.667. The van der Waals surface area contributed by atoms with E-state index in [1.165, 1.54) is 0 Å². The van der Waals surface area contributed by atoms with Crippen molar-refractivity contribution in [2.75, 3.05) is 13.2 Å². The van der Waals surface area contributed by atoms with Gasteiger partial charge in [0, 0.05) is 13.2 Å². The molecule has 0 fully saturated rings. The maximum absolute atomic E-state index is 10.1. The van der Waals surface area contributed by atoms with Crippen molar-refractivity contribution in [1.29, 1.82) is 0 Å². The number of ether oxygens (including phenoxy) is 2. The van der Waals surface area contributed by atoms with Crippen LogP contribution in [0.2, 0.25) is 0 Å². The lowest BCUT2D eigenvalue weighted by Crippen LogP contribution is -2.51. The molecule has 134 valence electrons. The molecule has 0 spiro atoms. The molecule has 1 aliphatic heterocycles. The van der Waals surface area contributed by atoms with Gasteiger partial charge in [0.25, 0.3) is 0 Å². The number of fused-ring (bicyclic) bond motifs is 1. The van der Waals surface area contributed by atoms with E-state index < -0.39 is 18.3 Å². The third-order valence-electron chi connectivity index (χ3n) is 4.96. The molecule has 1 atom stereocenters. The predicted octanol–water partition coefficient (Wildman–Crippen LogP) is 2.16. The molecule has 0 amide bonds. The minimum atomic E-state index is -0.950. The smallest absolute Gasteiger partial charge is 0.485 e. The maximum Gasteiger partial charge on any atom is 0.492 e. The van der Waals surface area contributed by atoms with Gasteiger partial charge < -0.3 is 24.9 Å². The lowest BCUT2D eigenvalue weighted by atomic mass is 9.79. The number of nitrogens with two attached hydrogens (primary N) is 1. The second-order valence-electron chi connectivity index (χ2n) is 7.33. The normalized spacial score (nSPS) is 18.0. The predicted molar refractivity (Wildman–Crippen MR) is 96.6 cm³/mol. The molecule has 5 nitrogen and oxygen atoms in total. The van der Waals surface area contributed by atoms with Crippen molar-refractivity contribution in [3.8, 4) is 5.75 Å². The van der Waals surface area contributed by atoms with Gasteiger partial charge in [-0.15, -0.1) is 0 Å². The number of rotatable bonds is 8. The van der Waals surface area contributed by atoms with E-state index in [0.29, 0.717) is 18.9 Å². The summed E-state index contributed by atoms with van der Waals surface area (Å²) in [5, 5.41) is 10.1. The van der Waals surface area contributed by atoms with Crippen molar-refractivity contribution in [3.05, 3.63) is 23.8 Å². The largest absolute Gasteiger partial charge is 0.492 e. The van der Waals surface area contributed by atoms with E-state index in [2.05, 4.69) is 6.92 Å². The molecule has 1 aromatic rings. The third kappa shape index (κ3) is 3.94. The fourth-order valence-electron chi connectivity index (χ4n) is 2.67. The zero-order valence-corrected chi connectivity index (χ0v) is 15.5. The van der Waals surface area contributed by atoms with E-state index in [1.807, 2.05) is 45.9 Å². The van der Waals surface area contributed by atoms with Crippen molar-refractivity contribution >= 4 is 12.6 Å². The first-order valence-electron chi connectivity index (χ1n) is 8.72. The average Bonchev–Trinajstić information content (AvgIpc) is 2.83. The van der Waals surface area contributed by atoms with Gasteiger partial charge in [-0.3, -0.25) is 0 Å². The molecule has 1 heterocycles. The Labute approximate surface area is 145 Å². The molecule has 0 aliphatic carbocycles. The second-order valence-corrected chi connectivity index (χ2v) is 7.33. The summed E-state index contributed by atoms with van der Waals surface area (Å²) in [5.74, 6) is 0.686. The summed E-state index contributed by atoms with van der Waals surface area (Å²) in [6.45, 7) is 11.3. The summed E-state index contributed by atoms with van der Waals surface area (Å²) in [7, 11) is -0.950. The topological polar surface area (TPSA) is 73.9 Å². The Morgan fingerprint density at radius 3 is 2.58 bits per heavy atom. The highest BCUT2D eigenvalue weighted by Crippen LogP contribution is 2.32. The lowest BCUT2D eigenvalue weighted by Gasteiger charge is -2.41. The first-order valence-corrected chi connectivity index (χ1v) is 8.72. The van der Waals surface area contributed by atoms with Crippen LogP contribution in [0.15, 0.2) is 18.2 Å². The standard InChI is InChI=1S/C18H30BNO4/c1-6-7-10-22-17(2,3)18(4,5)23-13-8-9-14-15(11-13)19(21)24-16(14)12-20/h8-9,11,16,21H,6-7,10,12,20H2,1-5H3. The molecule has 0 bridgehead atoms. The summed E-state index contributed by atoms with van der Waals surface area (Å²) in [5.41, 5.74) is 6.35. The fourth-order valence-corrected chi connectivity index (χ4v) is 2.67. The average molecular weight is 335 g/mol. The van der Waals surface area contributed by atoms with E-state index in [0.717, 1.165) is 23.9 Å². The Balaban J connectivity index is 2.14. The molecule has 0 radical (unpaired) electrons. The molecule has 3 N–H and O–H groups in total. The van der Waals surface area contributed by atoms with E-state index in [4.69, 9.17) is 19.9 Å². The van der Waals surface area contributed by atoms with E-state index in [9.17, 15) is 5.02 Å². The van der Waals surface area contributed by atoms with Crippen LogP contribution in [0.25, 0.3) is 0 Å². The first kappa shape index (κ1) is 19.3. The molecule has 6 heteroatoms. The van der Waals surface area contributed by atoms with Crippen LogP contribution >= 0.6 is 0 Å². The molecule has 0 saturated heterocycles. The maximum atomic E-state index is 10.1. The van der Waals surface area contributed by atoms with Crippen LogP contribution < -0.4 is 15.9 Å². The summed E-state index contributed by atoms with van der Waals surface area (Å²) >= 11 is 0. The van der Waals surface area contributed by atoms with Crippen LogP contribution in [0.3, 0.4) is 0 Å². The molecule has 1 aliphatic rings. The monoisotopic (exact) mass is 335 g/mol. The highest BCUT2D eigenvalue weighted by Gasteiger charge is 2.41. The SMILES string of the molecule is CCCCOC(C)(C)C(C)(C)Oc1ccc2c(c1)B(O)OC2CN. The summed E-state index contributed by atoms with van der Waals surface area (Å²) in [6, 6.07) is 5.64. The van der Waals surface area contributed by atoms with Crippen LogP contribution in [0.5, 0.6) is 5.75 Å². The molecule has 0 saturated carbocycles. The van der Waals surface area contributed by atoms with E-state index in [1.54, 1.807) is 0 Å². The Bertz CT molecular complexity index is 562. The summed E-state index contributed by atoms with van der Waals surface area (Å²) < 4.78 is 17.7. The molecular formula is C18H30BNO4. The lowest BCUT2D eigenvalue weighted by molar-refractivity contribution is -0.134. The highest BCUT2D eigenvalue weighted by molar-refractivity contribution is 6.61. The minimum absolute atomic E-state index is 0.258. The molecule has 0 aromatic heterocycles. The van der Waals surface area contributed by atoms with Crippen LogP contribution in [0.1, 0.15) is 59.1 Å². The van der Waals surface area contributed by atoms with Gasteiger partial charge in [0.1, 0.15) is 17.0 Å². The van der Waals surface area contributed by atoms with Crippen LogP contribution in [-0.4, -0.2) is 36.5 Å². The minimum Gasteiger partial charge on any atom is -0.485 e. The zero-order valence-electron chi connectivity index (χ0n) is 15.5. The van der Waals surface area contributed by atoms with Gasteiger partial charge in [-0.2, -0.15) is 0 Å². The molecular weight excluding hydrogens is 305 g/mol. The number of hydrogen-bond acceptors (Lipinski definition) is 5. The molecule has 1 unspecified atom stereocenters. The Hall–Kier alpha value is -1.08. The van der Waals surface area contributed by atoms with E-state index in [-0.39, 0.29) is 6.10 Å². The Kier molecular flexibility index (Phi) is 5.97. The van der Waals surface area contributed by atoms with Crippen molar-refractivity contribution < 1.29 is 19.2 Å². The van der Waals surface area contributed by atoms with Crippen molar-refractivity contribution in [1.82, 2.24) is 0 Å². The van der Waals surface area contributed by atoms with Crippen LogP contribution in [0, 0.1) is 0 Å². The molecule has 1 aromatic carbocycles. The number of hydrogen-bond donors (Lipinski definition) is 2. The van der Waals surface area contributed by atoms with Gasteiger partial charge in [-0.1, -0.05) is 19.4 Å². The summed E-state index contributed by atoms with van der Waals surface area (Å²) in [6.07, 6.45) is 1.87. The number of benzene rings is 1. The van der Waals surface area contributed by atoms with Crippen LogP contribution in [0.4, 0.5) is 0 Å². The van der Waals surface area contributed by atoms with Gasteiger partial charge >= 0.3 is 7.12 Å². The zero-order chi connectivity index (χ0) is 18.0. The van der Waals surface area contributed by atoms with Crippen molar-refractivity contribution in [2.24, 2.45) is 5.73 Å². The van der Waals surface area contributed by atoms with Gasteiger partial charge in [0.2, 0.25) is 0 Å². The van der Waals surface area contributed by atoms with Crippen molar-refractivity contribution in [2.45, 2.75) is 64.8 Å². The molecule has 24 heavy (non-hydrogen) atoms. The quantitative estimate of drug-likeness (QED) is 0.563. The van der Waals surface area contributed by atoms with Gasteiger partial charge in [0.05, 0.1) is 6.10 Å². The highest BCUT2D eigenvalue weighted by atomic mass is 16.6. The van der Waals surface area contributed by atoms with Crippen LogP contribution in [-0.2, 0) is 9.39 Å². The number of unbranched alkanes of at least 4 members (excludes halogenated alkanes) is 1. The van der Waals surface area contributed by atoms with Crippen molar-refractivity contribution in [3.63, 3.8) is 0 Å². The summed E-state index contributed by atoms with van der Waals surface area (Å²) in [4.78, 5) is 0. The van der Waals surface area contributed by atoms with Gasteiger partial charge in [-0.05, 0) is 57.3 Å². The third-order valence-corrected chi connectivity index (χ3v) is 4.96. The Morgan fingerprint density at radius 2 is 1.96 bits per heavy atom. The van der Waals surface area contributed by atoms with E-state index >= 15 is 0 Å². The second kappa shape index (κ2) is 7.44. The Morgan fingerprint density at radius 1 is 1.25 bits per heavy atom. The van der Waals surface area contributed by atoms with Gasteiger partial charge in [0.15, 0.2) is 0 Å². The first-order chi connectivity index (χ1) is 11.2. The molecule has 2 rings (SSSR count).